The van der Waals surface area contributed by atoms with E-state index < -0.39 is 10.0 Å². The van der Waals surface area contributed by atoms with Gasteiger partial charge in [-0.1, -0.05) is 6.92 Å². The van der Waals surface area contributed by atoms with Crippen molar-refractivity contribution in [1.82, 2.24) is 19.1 Å². The van der Waals surface area contributed by atoms with E-state index in [9.17, 15) is 8.42 Å². The second-order valence-corrected chi connectivity index (χ2v) is 7.87. The topological polar surface area (TPSA) is 77.3 Å². The first-order chi connectivity index (χ1) is 10.9. The monoisotopic (exact) mass is 338 g/mol. The second kappa shape index (κ2) is 6.18. The molecule has 23 heavy (non-hydrogen) atoms. The number of aryl methyl sites for hydroxylation is 2. The van der Waals surface area contributed by atoms with E-state index in [1.54, 1.807) is 17.8 Å². The van der Waals surface area contributed by atoms with Crippen molar-refractivity contribution < 1.29 is 13.2 Å². The molecule has 0 aliphatic carbocycles. The summed E-state index contributed by atoms with van der Waals surface area (Å²) in [6.45, 7) is 5.98. The Labute approximate surface area is 136 Å². The van der Waals surface area contributed by atoms with E-state index >= 15 is 0 Å². The summed E-state index contributed by atoms with van der Waals surface area (Å²) in [6, 6.07) is 1.67. The van der Waals surface area contributed by atoms with E-state index in [0.29, 0.717) is 32.0 Å². The molecule has 8 heteroatoms. The molecular weight excluding hydrogens is 316 g/mol. The zero-order chi connectivity index (χ0) is 16.6. The molecule has 7 nitrogen and oxygen atoms in total. The van der Waals surface area contributed by atoms with Crippen molar-refractivity contribution in [1.29, 1.82) is 0 Å². The highest BCUT2D eigenvalue weighted by Gasteiger charge is 2.28. The summed E-state index contributed by atoms with van der Waals surface area (Å²) < 4.78 is 34.4. The molecule has 1 fully saturated rings. The number of nitrogens with zero attached hydrogens (tertiary/aromatic N) is 4. The van der Waals surface area contributed by atoms with Crippen LogP contribution < -0.4 is 0 Å². The van der Waals surface area contributed by atoms with Crippen molar-refractivity contribution in [2.24, 2.45) is 13.0 Å². The average molecular weight is 338 g/mol. The first kappa shape index (κ1) is 16.4. The molecule has 0 amide bonds. The summed E-state index contributed by atoms with van der Waals surface area (Å²) in [7, 11) is -1.76. The maximum Gasteiger partial charge on any atom is 0.244 e. The number of hydrogen-bond acceptors (Lipinski definition) is 5. The minimum absolute atomic E-state index is 0.224. The Bertz CT molecular complexity index is 809. The third kappa shape index (κ3) is 2.98. The smallest absolute Gasteiger partial charge is 0.244 e. The molecular formula is C15H22N4O3S. The van der Waals surface area contributed by atoms with Crippen molar-refractivity contribution in [3.63, 3.8) is 0 Å². The lowest BCUT2D eigenvalue weighted by molar-refractivity contribution is 0.181. The molecule has 1 aliphatic heterocycles. The zero-order valence-corrected chi connectivity index (χ0v) is 14.5. The van der Waals surface area contributed by atoms with E-state index in [0.717, 1.165) is 17.5 Å². The quantitative estimate of drug-likeness (QED) is 0.822. The lowest BCUT2D eigenvalue weighted by Crippen LogP contribution is -2.35. The van der Waals surface area contributed by atoms with Gasteiger partial charge in [0.05, 0.1) is 12.3 Å². The van der Waals surface area contributed by atoms with E-state index in [1.807, 2.05) is 13.8 Å². The lowest BCUT2D eigenvalue weighted by Gasteiger charge is -2.23. The molecule has 0 aromatic carbocycles. The Hall–Kier alpha value is -1.51. The van der Waals surface area contributed by atoms with Crippen LogP contribution >= 0.6 is 0 Å². The van der Waals surface area contributed by atoms with Gasteiger partial charge in [0.25, 0.3) is 0 Å². The van der Waals surface area contributed by atoms with Gasteiger partial charge in [-0.15, -0.1) is 0 Å². The third-order valence-corrected chi connectivity index (χ3v) is 6.22. The molecule has 0 saturated carbocycles. The molecule has 0 spiro atoms. The van der Waals surface area contributed by atoms with E-state index in [4.69, 9.17) is 4.74 Å². The number of aromatic nitrogens is 3. The van der Waals surface area contributed by atoms with Crippen LogP contribution in [0.5, 0.6) is 0 Å². The van der Waals surface area contributed by atoms with E-state index in [2.05, 4.69) is 10.1 Å². The molecule has 2 aromatic rings. The predicted octanol–water partition coefficient (Wildman–Crippen LogP) is 1.32. The zero-order valence-electron chi connectivity index (χ0n) is 13.7. The van der Waals surface area contributed by atoms with Crippen LogP contribution in [0.15, 0.2) is 17.2 Å². The fraction of sp³-hybridized carbons (Fsp3) is 0.600. The summed E-state index contributed by atoms with van der Waals surface area (Å²) in [5.41, 5.74) is 1.47. The van der Waals surface area contributed by atoms with Crippen LogP contribution in [0.2, 0.25) is 0 Å². The molecule has 1 unspecified atom stereocenters. The van der Waals surface area contributed by atoms with Crippen molar-refractivity contribution in [3.8, 4) is 0 Å². The summed E-state index contributed by atoms with van der Waals surface area (Å²) in [4.78, 5) is 4.51. The molecule has 0 bridgehead atoms. The van der Waals surface area contributed by atoms with Gasteiger partial charge < -0.3 is 4.74 Å². The fourth-order valence-corrected chi connectivity index (χ4v) is 4.49. The van der Waals surface area contributed by atoms with Crippen LogP contribution in [0, 0.1) is 12.8 Å². The van der Waals surface area contributed by atoms with Crippen LogP contribution in [0.4, 0.5) is 0 Å². The first-order valence-corrected chi connectivity index (χ1v) is 9.24. The Balaban J connectivity index is 1.95. The van der Waals surface area contributed by atoms with Crippen molar-refractivity contribution in [3.05, 3.63) is 18.0 Å². The number of hydrogen-bond donors (Lipinski definition) is 0. The summed E-state index contributed by atoms with van der Waals surface area (Å²) in [5, 5.41) is 5.06. The van der Waals surface area contributed by atoms with Crippen LogP contribution in [-0.4, -0.2) is 53.8 Å². The van der Waals surface area contributed by atoms with Gasteiger partial charge >= 0.3 is 0 Å². The van der Waals surface area contributed by atoms with Gasteiger partial charge in [0, 0.05) is 38.3 Å². The minimum atomic E-state index is -3.56. The molecule has 1 atom stereocenters. The highest BCUT2D eigenvalue weighted by atomic mass is 32.2. The van der Waals surface area contributed by atoms with Gasteiger partial charge in [-0.25, -0.2) is 13.4 Å². The first-order valence-electron chi connectivity index (χ1n) is 7.80. The van der Waals surface area contributed by atoms with Gasteiger partial charge in [-0.05, 0) is 25.3 Å². The highest BCUT2D eigenvalue weighted by Crippen LogP contribution is 2.24. The second-order valence-electron chi connectivity index (χ2n) is 5.94. The van der Waals surface area contributed by atoms with Crippen LogP contribution in [-0.2, 0) is 21.8 Å². The Morgan fingerprint density at radius 1 is 1.48 bits per heavy atom. The van der Waals surface area contributed by atoms with Crippen LogP contribution in [0.25, 0.3) is 11.0 Å². The average Bonchev–Trinajstić information content (AvgIpc) is 3.13. The molecule has 0 N–H and O–H groups in total. The number of rotatable bonds is 5. The van der Waals surface area contributed by atoms with Crippen LogP contribution in [0.3, 0.4) is 0 Å². The maximum atomic E-state index is 12.9. The third-order valence-electron chi connectivity index (χ3n) is 4.31. The molecule has 126 valence electrons. The highest BCUT2D eigenvalue weighted by molar-refractivity contribution is 7.89. The molecule has 1 saturated heterocycles. The molecule has 2 aromatic heterocycles. The number of fused-ring (bicyclic) bond motifs is 1. The normalized spacial score (nSPS) is 19.0. The largest absolute Gasteiger partial charge is 0.381 e. The molecule has 3 rings (SSSR count). The summed E-state index contributed by atoms with van der Waals surface area (Å²) >= 11 is 0. The van der Waals surface area contributed by atoms with Gasteiger partial charge in [0.2, 0.25) is 10.0 Å². The van der Waals surface area contributed by atoms with Gasteiger partial charge in [-0.2, -0.15) is 9.40 Å². The standard InChI is InChI=1S/C15H22N4O3S/c1-4-19(9-12-5-6-22-10-12)23(20,21)13-7-14-11(2)17-18(3)15(14)16-8-13/h7-8,12H,4-6,9-10H2,1-3H3. The SMILES string of the molecule is CCN(CC1CCOC1)S(=O)(=O)c1cnc2c(c1)c(C)nn2C. The van der Waals surface area contributed by atoms with Crippen molar-refractivity contribution in [2.75, 3.05) is 26.3 Å². The Kier molecular flexibility index (Phi) is 4.39. The molecule has 0 radical (unpaired) electrons. The van der Waals surface area contributed by atoms with Gasteiger partial charge in [0.1, 0.15) is 4.90 Å². The number of sulfonamides is 1. The Morgan fingerprint density at radius 3 is 2.91 bits per heavy atom. The number of ether oxygens (including phenoxy) is 1. The summed E-state index contributed by atoms with van der Waals surface area (Å²) in [5.74, 6) is 0.265. The van der Waals surface area contributed by atoms with Crippen molar-refractivity contribution >= 4 is 21.1 Å². The predicted molar refractivity (Wildman–Crippen MR) is 86.6 cm³/mol. The minimum Gasteiger partial charge on any atom is -0.381 e. The van der Waals surface area contributed by atoms with E-state index in [-0.39, 0.29) is 10.8 Å². The van der Waals surface area contributed by atoms with E-state index in [1.165, 1.54) is 10.5 Å². The van der Waals surface area contributed by atoms with Gasteiger partial charge in [-0.3, -0.25) is 4.68 Å². The Morgan fingerprint density at radius 2 is 2.26 bits per heavy atom. The maximum absolute atomic E-state index is 12.9. The molecule has 1 aliphatic rings. The van der Waals surface area contributed by atoms with Crippen molar-refractivity contribution in [2.45, 2.75) is 25.2 Å². The van der Waals surface area contributed by atoms with Gasteiger partial charge in [0.15, 0.2) is 5.65 Å². The lowest BCUT2D eigenvalue weighted by atomic mass is 10.1. The van der Waals surface area contributed by atoms with Crippen LogP contribution in [0.1, 0.15) is 19.0 Å². The fourth-order valence-electron chi connectivity index (χ4n) is 2.99. The molecule has 3 heterocycles. The number of pyridine rings is 1. The summed E-state index contributed by atoms with van der Waals surface area (Å²) in [6.07, 6.45) is 2.33.